The lowest BCUT2D eigenvalue weighted by Crippen LogP contribution is -1.83. The fourth-order valence-electron chi connectivity index (χ4n) is 2.86. The third kappa shape index (κ3) is 4.04. The van der Waals surface area contributed by atoms with Gasteiger partial charge in [-0.25, -0.2) is 4.98 Å². The highest BCUT2D eigenvalue weighted by molar-refractivity contribution is 7.11. The molecule has 4 heteroatoms. The van der Waals surface area contributed by atoms with E-state index in [-0.39, 0.29) is 0 Å². The Balaban J connectivity index is 1.60. The van der Waals surface area contributed by atoms with Crippen molar-refractivity contribution in [2.75, 3.05) is 0 Å². The molecular weight excluding hydrogens is 384 g/mol. The summed E-state index contributed by atoms with van der Waals surface area (Å²) in [5.41, 5.74) is 5.67. The molecule has 0 spiro atoms. The molecule has 0 aliphatic carbocycles. The molecule has 0 fully saturated rings. The number of hydrogen-bond donors (Lipinski definition) is 0. The Kier molecular flexibility index (Phi) is 5.34. The van der Waals surface area contributed by atoms with E-state index in [1.54, 1.807) is 0 Å². The van der Waals surface area contributed by atoms with Crippen LogP contribution in [0.2, 0.25) is 5.02 Å². The van der Waals surface area contributed by atoms with Gasteiger partial charge in [-0.2, -0.15) is 5.26 Å². The lowest BCUT2D eigenvalue weighted by Gasteiger charge is -2.02. The number of nitriles is 1. The standard InChI is InChI=1S/C24H15ClN2S/c25-22-12-10-20(11-13-22)23-16-28-24(27-23)21(15-26)14-17-6-8-19(9-7-17)18-4-2-1-3-5-18/h1-14,16H. The van der Waals surface area contributed by atoms with E-state index < -0.39 is 0 Å². The minimum absolute atomic E-state index is 0.553. The first-order valence-electron chi connectivity index (χ1n) is 8.72. The van der Waals surface area contributed by atoms with E-state index in [9.17, 15) is 5.26 Å². The second kappa shape index (κ2) is 8.22. The van der Waals surface area contributed by atoms with Crippen molar-refractivity contribution in [3.63, 3.8) is 0 Å². The minimum atomic E-state index is 0.553. The Bertz CT molecular complexity index is 1150. The molecule has 134 valence electrons. The fourth-order valence-corrected chi connectivity index (χ4v) is 3.78. The van der Waals surface area contributed by atoms with Crippen molar-refractivity contribution in [1.29, 1.82) is 5.26 Å². The number of benzene rings is 3. The van der Waals surface area contributed by atoms with Gasteiger partial charge in [0.15, 0.2) is 0 Å². The third-order valence-electron chi connectivity index (χ3n) is 4.32. The van der Waals surface area contributed by atoms with E-state index in [0.29, 0.717) is 15.6 Å². The lowest BCUT2D eigenvalue weighted by atomic mass is 10.0. The van der Waals surface area contributed by atoms with Gasteiger partial charge < -0.3 is 0 Å². The molecule has 0 unspecified atom stereocenters. The highest BCUT2D eigenvalue weighted by Gasteiger charge is 2.09. The first-order valence-corrected chi connectivity index (χ1v) is 9.98. The van der Waals surface area contributed by atoms with Crippen LogP contribution in [0.15, 0.2) is 84.2 Å². The number of allylic oxidation sites excluding steroid dienone is 1. The zero-order valence-electron chi connectivity index (χ0n) is 14.8. The molecule has 4 rings (SSSR count). The lowest BCUT2D eigenvalue weighted by molar-refractivity contribution is 1.37. The number of thiazole rings is 1. The molecule has 1 heterocycles. The fraction of sp³-hybridized carbons (Fsp3) is 0. The topological polar surface area (TPSA) is 36.7 Å². The Labute approximate surface area is 173 Å². The summed E-state index contributed by atoms with van der Waals surface area (Å²) in [4.78, 5) is 4.63. The van der Waals surface area contributed by atoms with Crippen LogP contribution >= 0.6 is 22.9 Å². The smallest absolute Gasteiger partial charge is 0.134 e. The molecule has 3 aromatic carbocycles. The number of hydrogen-bond acceptors (Lipinski definition) is 3. The highest BCUT2D eigenvalue weighted by atomic mass is 35.5. The van der Waals surface area contributed by atoms with Gasteiger partial charge >= 0.3 is 0 Å². The number of rotatable bonds is 4. The van der Waals surface area contributed by atoms with Crippen LogP contribution in [0.5, 0.6) is 0 Å². The first kappa shape index (κ1) is 18.2. The maximum atomic E-state index is 9.62. The van der Waals surface area contributed by atoms with E-state index in [1.807, 2.05) is 66.1 Å². The van der Waals surface area contributed by atoms with Crippen molar-refractivity contribution in [1.82, 2.24) is 4.98 Å². The Morgan fingerprint density at radius 2 is 1.50 bits per heavy atom. The molecular formula is C24H15ClN2S. The predicted molar refractivity (Wildman–Crippen MR) is 118 cm³/mol. The van der Waals surface area contributed by atoms with Gasteiger partial charge in [0.1, 0.15) is 11.1 Å². The second-order valence-electron chi connectivity index (χ2n) is 6.20. The average Bonchev–Trinajstić information content (AvgIpc) is 3.23. The van der Waals surface area contributed by atoms with Crippen molar-refractivity contribution in [2.24, 2.45) is 0 Å². The third-order valence-corrected chi connectivity index (χ3v) is 5.45. The molecule has 1 aromatic heterocycles. The van der Waals surface area contributed by atoms with Gasteiger partial charge in [0.05, 0.1) is 11.3 Å². The quantitative estimate of drug-likeness (QED) is 0.341. The summed E-state index contributed by atoms with van der Waals surface area (Å²) < 4.78 is 0. The first-order chi connectivity index (χ1) is 13.7. The van der Waals surface area contributed by atoms with E-state index >= 15 is 0 Å². The molecule has 0 bridgehead atoms. The van der Waals surface area contributed by atoms with Crippen molar-refractivity contribution in [2.45, 2.75) is 0 Å². The summed E-state index contributed by atoms with van der Waals surface area (Å²) in [5, 5.41) is 13.0. The van der Waals surface area contributed by atoms with Gasteiger partial charge in [0, 0.05) is 16.0 Å². The van der Waals surface area contributed by atoms with E-state index in [1.165, 1.54) is 16.9 Å². The van der Waals surface area contributed by atoms with Crippen molar-refractivity contribution in [3.8, 4) is 28.5 Å². The zero-order chi connectivity index (χ0) is 19.3. The summed E-state index contributed by atoms with van der Waals surface area (Å²) in [6.45, 7) is 0. The van der Waals surface area contributed by atoms with Crippen LogP contribution in [0.4, 0.5) is 0 Å². The summed E-state index contributed by atoms with van der Waals surface area (Å²) in [6, 6.07) is 28.2. The molecule has 0 aliphatic heterocycles. The van der Waals surface area contributed by atoms with Gasteiger partial charge in [-0.3, -0.25) is 0 Å². The second-order valence-corrected chi connectivity index (χ2v) is 7.50. The molecule has 28 heavy (non-hydrogen) atoms. The molecule has 0 N–H and O–H groups in total. The van der Waals surface area contributed by atoms with Crippen LogP contribution in [0.3, 0.4) is 0 Å². The van der Waals surface area contributed by atoms with E-state index in [2.05, 4.69) is 35.3 Å². The molecule has 0 radical (unpaired) electrons. The molecule has 0 atom stereocenters. The predicted octanol–water partition coefficient (Wildman–Crippen LogP) is 7.19. The largest absolute Gasteiger partial charge is 0.235 e. The summed E-state index contributed by atoms with van der Waals surface area (Å²) in [6.07, 6.45) is 1.87. The Morgan fingerprint density at radius 1 is 0.857 bits per heavy atom. The minimum Gasteiger partial charge on any atom is -0.235 e. The van der Waals surface area contributed by atoms with Crippen LogP contribution < -0.4 is 0 Å². The van der Waals surface area contributed by atoms with Gasteiger partial charge in [0.25, 0.3) is 0 Å². The zero-order valence-corrected chi connectivity index (χ0v) is 16.4. The Morgan fingerprint density at radius 3 is 2.18 bits per heavy atom. The summed E-state index contributed by atoms with van der Waals surface area (Å²) >= 11 is 7.41. The van der Waals surface area contributed by atoms with Crippen LogP contribution in [0.25, 0.3) is 34.0 Å². The monoisotopic (exact) mass is 398 g/mol. The molecule has 0 aliphatic rings. The highest BCUT2D eigenvalue weighted by Crippen LogP contribution is 2.28. The van der Waals surface area contributed by atoms with Crippen molar-refractivity contribution >= 4 is 34.6 Å². The summed E-state index contributed by atoms with van der Waals surface area (Å²) in [7, 11) is 0. The Hall–Kier alpha value is -3.19. The molecule has 0 saturated heterocycles. The average molecular weight is 399 g/mol. The van der Waals surface area contributed by atoms with Gasteiger partial charge in [-0.15, -0.1) is 11.3 Å². The normalized spacial score (nSPS) is 11.2. The van der Waals surface area contributed by atoms with Gasteiger partial charge in [0.2, 0.25) is 0 Å². The van der Waals surface area contributed by atoms with E-state index in [4.69, 9.17) is 11.6 Å². The van der Waals surface area contributed by atoms with Crippen LogP contribution in [-0.2, 0) is 0 Å². The molecule has 2 nitrogen and oxygen atoms in total. The maximum Gasteiger partial charge on any atom is 0.134 e. The van der Waals surface area contributed by atoms with Gasteiger partial charge in [-0.05, 0) is 34.9 Å². The molecule has 4 aromatic rings. The maximum absolute atomic E-state index is 9.62. The molecule has 0 amide bonds. The van der Waals surface area contributed by atoms with Crippen LogP contribution in [0, 0.1) is 11.3 Å². The van der Waals surface area contributed by atoms with Crippen molar-refractivity contribution in [3.05, 3.63) is 99.8 Å². The SMILES string of the molecule is N#CC(=Cc1ccc(-c2ccccc2)cc1)c1nc(-c2ccc(Cl)cc2)cs1. The number of nitrogens with zero attached hydrogens (tertiary/aromatic N) is 2. The van der Waals surface area contributed by atoms with Gasteiger partial charge in [-0.1, -0.05) is 78.3 Å². The van der Waals surface area contributed by atoms with Crippen LogP contribution in [0.1, 0.15) is 10.6 Å². The number of halogens is 1. The number of aromatic nitrogens is 1. The van der Waals surface area contributed by atoms with E-state index in [0.717, 1.165) is 22.4 Å². The van der Waals surface area contributed by atoms with Crippen molar-refractivity contribution < 1.29 is 0 Å². The van der Waals surface area contributed by atoms with Crippen LogP contribution in [-0.4, -0.2) is 4.98 Å². The summed E-state index contributed by atoms with van der Waals surface area (Å²) in [5.74, 6) is 0. The molecule has 0 saturated carbocycles.